The lowest BCUT2D eigenvalue weighted by atomic mass is 10.1. The van der Waals surface area contributed by atoms with Crippen LogP contribution >= 0.6 is 0 Å². The Morgan fingerprint density at radius 2 is 2.00 bits per heavy atom. The summed E-state index contributed by atoms with van der Waals surface area (Å²) in [4.78, 5) is 11.6. The first-order valence-corrected chi connectivity index (χ1v) is 8.07. The number of anilines is 1. The maximum atomic E-state index is 5.98. The minimum absolute atomic E-state index is 0.214. The fourth-order valence-corrected chi connectivity index (χ4v) is 2.91. The van der Waals surface area contributed by atoms with E-state index in [1.54, 1.807) is 0 Å². The average Bonchev–Trinajstić information content (AvgIpc) is 2.73. The van der Waals surface area contributed by atoms with E-state index in [1.165, 1.54) is 32.1 Å². The van der Waals surface area contributed by atoms with Crippen LogP contribution in [0, 0.1) is 0 Å². The summed E-state index contributed by atoms with van der Waals surface area (Å²) < 4.78 is 0. The molecule has 1 aliphatic rings. The van der Waals surface area contributed by atoms with Crippen molar-refractivity contribution in [3.63, 3.8) is 0 Å². The van der Waals surface area contributed by atoms with E-state index in [1.807, 2.05) is 12.4 Å². The van der Waals surface area contributed by atoms with Crippen molar-refractivity contribution in [3.8, 4) is 0 Å². The molecule has 0 aromatic carbocycles. The van der Waals surface area contributed by atoms with Crippen LogP contribution in [0.5, 0.6) is 0 Å². The minimum atomic E-state index is 0.214. The Balaban J connectivity index is 2.07. The van der Waals surface area contributed by atoms with E-state index in [4.69, 9.17) is 5.73 Å². The van der Waals surface area contributed by atoms with Crippen LogP contribution in [0.1, 0.15) is 57.9 Å². The van der Waals surface area contributed by atoms with Gasteiger partial charge in [-0.15, -0.1) is 0 Å². The van der Waals surface area contributed by atoms with Crippen LogP contribution in [0.25, 0.3) is 0 Å². The van der Waals surface area contributed by atoms with Gasteiger partial charge in [-0.2, -0.15) is 0 Å². The Kier molecular flexibility index (Phi) is 5.77. The molecule has 4 nitrogen and oxygen atoms in total. The van der Waals surface area contributed by atoms with Gasteiger partial charge < -0.3 is 10.6 Å². The highest BCUT2D eigenvalue weighted by Gasteiger charge is 2.21. The molecule has 0 spiro atoms. The molecule has 1 saturated heterocycles. The second-order valence-electron chi connectivity index (χ2n) is 5.87. The number of aromatic nitrogens is 2. The van der Waals surface area contributed by atoms with Crippen LogP contribution in [0.2, 0.25) is 0 Å². The first-order valence-electron chi connectivity index (χ1n) is 8.07. The number of nitrogens with two attached hydrogens (primary N) is 1. The predicted molar refractivity (Wildman–Crippen MR) is 83.9 cm³/mol. The molecule has 1 fully saturated rings. The zero-order chi connectivity index (χ0) is 14.4. The van der Waals surface area contributed by atoms with Crippen LogP contribution < -0.4 is 10.6 Å². The zero-order valence-corrected chi connectivity index (χ0v) is 12.9. The van der Waals surface area contributed by atoms with Gasteiger partial charge in [0.05, 0.1) is 0 Å². The molecule has 4 heteroatoms. The summed E-state index contributed by atoms with van der Waals surface area (Å²) in [6, 6.07) is 0.812. The standard InChI is InChI=1S/C16H28N4/c1-3-14(17)10-13-11-18-16(19-12-13)20-9-7-5-6-8-15(20)4-2/h11-12,14-15H,3-10,17H2,1-2H3. The first kappa shape index (κ1) is 15.2. The van der Waals surface area contributed by atoms with Gasteiger partial charge in [0.15, 0.2) is 0 Å². The zero-order valence-electron chi connectivity index (χ0n) is 12.9. The SMILES string of the molecule is CCC(N)Cc1cnc(N2CCCCCC2CC)nc1. The van der Waals surface area contributed by atoms with Gasteiger partial charge in [0.25, 0.3) is 0 Å². The quantitative estimate of drug-likeness (QED) is 0.898. The molecule has 20 heavy (non-hydrogen) atoms. The molecule has 2 atom stereocenters. The Bertz CT molecular complexity index is 390. The molecule has 112 valence electrons. The Morgan fingerprint density at radius 1 is 1.25 bits per heavy atom. The van der Waals surface area contributed by atoms with Crippen molar-refractivity contribution in [1.82, 2.24) is 9.97 Å². The normalized spacial score (nSPS) is 21.6. The summed E-state index contributed by atoms with van der Waals surface area (Å²) >= 11 is 0. The highest BCUT2D eigenvalue weighted by atomic mass is 15.3. The van der Waals surface area contributed by atoms with Crippen molar-refractivity contribution < 1.29 is 0 Å². The van der Waals surface area contributed by atoms with Gasteiger partial charge >= 0.3 is 0 Å². The van der Waals surface area contributed by atoms with E-state index in [0.29, 0.717) is 6.04 Å². The lowest BCUT2D eigenvalue weighted by molar-refractivity contribution is 0.546. The van der Waals surface area contributed by atoms with Gasteiger partial charge in [0, 0.05) is 31.0 Å². The molecule has 2 unspecified atom stereocenters. The number of hydrogen-bond donors (Lipinski definition) is 1. The molecular weight excluding hydrogens is 248 g/mol. The van der Waals surface area contributed by atoms with Gasteiger partial charge in [0.2, 0.25) is 5.95 Å². The second-order valence-corrected chi connectivity index (χ2v) is 5.87. The lowest BCUT2D eigenvalue weighted by Gasteiger charge is -2.29. The third kappa shape index (κ3) is 3.92. The van der Waals surface area contributed by atoms with Crippen molar-refractivity contribution >= 4 is 5.95 Å². The van der Waals surface area contributed by atoms with E-state index in [-0.39, 0.29) is 6.04 Å². The van der Waals surface area contributed by atoms with E-state index in [9.17, 15) is 0 Å². The summed E-state index contributed by atoms with van der Waals surface area (Å²) in [5.41, 5.74) is 7.13. The second kappa shape index (κ2) is 7.58. The summed E-state index contributed by atoms with van der Waals surface area (Å²) in [5, 5.41) is 0. The topological polar surface area (TPSA) is 55.0 Å². The van der Waals surface area contributed by atoms with Crippen molar-refractivity contribution in [2.24, 2.45) is 5.73 Å². The van der Waals surface area contributed by atoms with E-state index >= 15 is 0 Å². The van der Waals surface area contributed by atoms with E-state index < -0.39 is 0 Å². The van der Waals surface area contributed by atoms with Crippen LogP contribution in [0.15, 0.2) is 12.4 Å². The van der Waals surface area contributed by atoms with Gasteiger partial charge in [-0.05, 0) is 37.7 Å². The number of hydrogen-bond acceptors (Lipinski definition) is 4. The monoisotopic (exact) mass is 276 g/mol. The largest absolute Gasteiger partial charge is 0.338 e. The van der Waals surface area contributed by atoms with Gasteiger partial charge in [-0.1, -0.05) is 26.7 Å². The third-order valence-corrected chi connectivity index (χ3v) is 4.32. The van der Waals surface area contributed by atoms with Gasteiger partial charge in [0.1, 0.15) is 0 Å². The molecule has 2 heterocycles. The molecule has 0 saturated carbocycles. The van der Waals surface area contributed by atoms with Crippen molar-refractivity contribution in [3.05, 3.63) is 18.0 Å². The van der Waals surface area contributed by atoms with Crippen LogP contribution in [-0.2, 0) is 6.42 Å². The Hall–Kier alpha value is -1.16. The van der Waals surface area contributed by atoms with Gasteiger partial charge in [-0.3, -0.25) is 0 Å². The predicted octanol–water partition coefficient (Wildman–Crippen LogP) is 2.92. The Labute approximate surface area is 122 Å². The number of rotatable bonds is 5. The van der Waals surface area contributed by atoms with Crippen molar-refractivity contribution in [1.29, 1.82) is 0 Å². The lowest BCUT2D eigenvalue weighted by Crippen LogP contribution is -2.35. The summed E-state index contributed by atoms with van der Waals surface area (Å²) in [6.45, 7) is 5.47. The number of nitrogens with zero attached hydrogens (tertiary/aromatic N) is 3. The minimum Gasteiger partial charge on any atom is -0.338 e. The van der Waals surface area contributed by atoms with Gasteiger partial charge in [-0.25, -0.2) is 9.97 Å². The van der Waals surface area contributed by atoms with Crippen LogP contribution in [0.3, 0.4) is 0 Å². The molecule has 0 aliphatic carbocycles. The van der Waals surface area contributed by atoms with Crippen LogP contribution in [0.4, 0.5) is 5.95 Å². The van der Waals surface area contributed by atoms with Crippen molar-refractivity contribution in [2.75, 3.05) is 11.4 Å². The first-order chi connectivity index (χ1) is 9.74. The molecule has 0 bridgehead atoms. The fraction of sp³-hybridized carbons (Fsp3) is 0.750. The maximum absolute atomic E-state index is 5.98. The van der Waals surface area contributed by atoms with Crippen LogP contribution in [-0.4, -0.2) is 28.6 Å². The smallest absolute Gasteiger partial charge is 0.225 e. The summed E-state index contributed by atoms with van der Waals surface area (Å²) in [7, 11) is 0. The van der Waals surface area contributed by atoms with E-state index in [2.05, 4.69) is 28.7 Å². The molecule has 1 aromatic rings. The molecule has 1 aliphatic heterocycles. The molecule has 2 N–H and O–H groups in total. The third-order valence-electron chi connectivity index (χ3n) is 4.32. The molecular formula is C16H28N4. The molecule has 1 aromatic heterocycles. The highest BCUT2D eigenvalue weighted by molar-refractivity contribution is 5.32. The molecule has 2 rings (SSSR count). The molecule has 0 amide bonds. The highest BCUT2D eigenvalue weighted by Crippen LogP contribution is 2.23. The molecule has 0 radical (unpaired) electrons. The average molecular weight is 276 g/mol. The fourth-order valence-electron chi connectivity index (χ4n) is 2.91. The van der Waals surface area contributed by atoms with Crippen molar-refractivity contribution in [2.45, 2.75) is 70.9 Å². The summed E-state index contributed by atoms with van der Waals surface area (Å²) in [5.74, 6) is 0.896. The van der Waals surface area contributed by atoms with E-state index in [0.717, 1.165) is 30.9 Å². The summed E-state index contributed by atoms with van der Waals surface area (Å²) in [6.07, 6.45) is 12.1. The Morgan fingerprint density at radius 3 is 2.65 bits per heavy atom. The maximum Gasteiger partial charge on any atom is 0.225 e.